The zero-order valence-corrected chi connectivity index (χ0v) is 13.8. The summed E-state index contributed by atoms with van der Waals surface area (Å²) in [4.78, 5) is 16.4. The maximum Gasteiger partial charge on any atom is 0.252 e. The van der Waals surface area contributed by atoms with Crippen LogP contribution < -0.4 is 0 Å². The van der Waals surface area contributed by atoms with E-state index in [1.807, 2.05) is 51.1 Å². The Balaban J connectivity index is 1.93. The summed E-state index contributed by atoms with van der Waals surface area (Å²) < 4.78 is 3.46. The van der Waals surface area contributed by atoms with Gasteiger partial charge in [-0.05, 0) is 44.5 Å². The molecule has 0 saturated carbocycles. The Hall–Kier alpha value is -3.20. The van der Waals surface area contributed by atoms with Crippen molar-refractivity contribution in [3.63, 3.8) is 0 Å². The van der Waals surface area contributed by atoms with Gasteiger partial charge in [0.2, 0.25) is 0 Å². The highest BCUT2D eigenvalue weighted by Gasteiger charge is 2.17. The van der Waals surface area contributed by atoms with Crippen molar-refractivity contribution >= 4 is 5.78 Å². The molecule has 2 heterocycles. The number of nitriles is 1. The molecule has 0 aliphatic heterocycles. The van der Waals surface area contributed by atoms with E-state index in [0.717, 1.165) is 17.1 Å². The minimum atomic E-state index is -0.0589. The number of nitrogens with zero attached hydrogens (tertiary/aromatic N) is 5. The van der Waals surface area contributed by atoms with Gasteiger partial charge in [-0.15, -0.1) is 5.10 Å². The number of hydrogen-bond donors (Lipinski definition) is 0. The van der Waals surface area contributed by atoms with Crippen molar-refractivity contribution in [3.8, 4) is 11.8 Å². The van der Waals surface area contributed by atoms with Crippen LogP contribution in [-0.4, -0.2) is 25.1 Å². The molecule has 0 saturated heterocycles. The van der Waals surface area contributed by atoms with Crippen molar-refractivity contribution in [1.29, 1.82) is 5.26 Å². The third-order valence-electron chi connectivity index (χ3n) is 3.93. The predicted molar refractivity (Wildman–Crippen MR) is 89.0 cm³/mol. The van der Waals surface area contributed by atoms with Crippen molar-refractivity contribution < 1.29 is 4.79 Å². The SMILES string of the molecule is Cc1cccc(-n2c(C)cc(C(=O)Cn3cnc(C#N)n3)c2C)c1. The van der Waals surface area contributed by atoms with Gasteiger partial charge in [-0.1, -0.05) is 12.1 Å². The molecule has 0 unspecified atom stereocenters. The fourth-order valence-corrected chi connectivity index (χ4v) is 2.86. The van der Waals surface area contributed by atoms with E-state index in [1.165, 1.54) is 16.6 Å². The summed E-state index contributed by atoms with van der Waals surface area (Å²) in [5.41, 5.74) is 4.75. The molecule has 0 amide bonds. The van der Waals surface area contributed by atoms with E-state index < -0.39 is 0 Å². The second kappa shape index (κ2) is 6.13. The Morgan fingerprint density at radius 2 is 2.04 bits per heavy atom. The fraction of sp³-hybridized carbons (Fsp3) is 0.222. The lowest BCUT2D eigenvalue weighted by molar-refractivity contribution is 0.0967. The molecule has 0 N–H and O–H groups in total. The molecule has 0 aliphatic rings. The average Bonchev–Trinajstić information content (AvgIpc) is 3.11. The number of carbonyl (C=O) groups is 1. The molecular weight excluding hydrogens is 302 g/mol. The maximum atomic E-state index is 12.6. The predicted octanol–water partition coefficient (Wildman–Crippen LogP) is 2.75. The molecule has 2 aromatic heterocycles. The highest BCUT2D eigenvalue weighted by Crippen LogP contribution is 2.22. The lowest BCUT2D eigenvalue weighted by Gasteiger charge is -2.10. The van der Waals surface area contributed by atoms with E-state index in [0.29, 0.717) is 5.56 Å². The highest BCUT2D eigenvalue weighted by molar-refractivity contribution is 5.97. The van der Waals surface area contributed by atoms with Gasteiger partial charge in [0, 0.05) is 22.6 Å². The van der Waals surface area contributed by atoms with Crippen LogP contribution in [0.4, 0.5) is 0 Å². The van der Waals surface area contributed by atoms with Crippen molar-refractivity contribution in [2.45, 2.75) is 27.3 Å². The molecule has 0 aliphatic carbocycles. The second-order valence-corrected chi connectivity index (χ2v) is 5.76. The lowest BCUT2D eigenvalue weighted by Crippen LogP contribution is -2.12. The van der Waals surface area contributed by atoms with E-state index in [2.05, 4.69) is 20.7 Å². The molecule has 0 spiro atoms. The number of carbonyl (C=O) groups excluding carboxylic acids is 1. The highest BCUT2D eigenvalue weighted by atomic mass is 16.1. The molecule has 0 atom stereocenters. The number of ketones is 1. The zero-order chi connectivity index (χ0) is 17.3. The summed E-state index contributed by atoms with van der Waals surface area (Å²) in [5.74, 6) is 0.00410. The number of aryl methyl sites for hydroxylation is 2. The average molecular weight is 319 g/mol. The normalized spacial score (nSPS) is 10.6. The second-order valence-electron chi connectivity index (χ2n) is 5.76. The minimum Gasteiger partial charge on any atom is -0.318 e. The van der Waals surface area contributed by atoms with Gasteiger partial charge in [0.25, 0.3) is 5.82 Å². The number of hydrogen-bond acceptors (Lipinski definition) is 4. The minimum absolute atomic E-state index is 0.0589. The van der Waals surface area contributed by atoms with E-state index >= 15 is 0 Å². The fourth-order valence-electron chi connectivity index (χ4n) is 2.86. The van der Waals surface area contributed by atoms with Crippen LogP contribution in [0.2, 0.25) is 0 Å². The Labute approximate surface area is 140 Å². The summed E-state index contributed by atoms with van der Waals surface area (Å²) in [6.07, 6.45) is 1.40. The largest absolute Gasteiger partial charge is 0.318 e. The Morgan fingerprint density at radius 3 is 2.71 bits per heavy atom. The van der Waals surface area contributed by atoms with Crippen molar-refractivity contribution in [3.05, 3.63) is 65.0 Å². The van der Waals surface area contributed by atoms with Crippen LogP contribution in [0, 0.1) is 32.1 Å². The molecule has 24 heavy (non-hydrogen) atoms. The van der Waals surface area contributed by atoms with Gasteiger partial charge in [0.05, 0.1) is 0 Å². The van der Waals surface area contributed by atoms with Gasteiger partial charge >= 0.3 is 0 Å². The Kier molecular flexibility index (Phi) is 4.00. The van der Waals surface area contributed by atoms with Crippen LogP contribution in [0.5, 0.6) is 0 Å². The standard InChI is InChI=1S/C18H17N5O/c1-12-5-4-6-15(7-12)23-13(2)8-16(14(23)3)17(24)10-22-11-20-18(9-19)21-22/h4-8,11H,10H2,1-3H3. The molecule has 1 aromatic carbocycles. The summed E-state index contributed by atoms with van der Waals surface area (Å²) in [6, 6.07) is 11.9. The number of rotatable bonds is 4. The van der Waals surface area contributed by atoms with E-state index in [4.69, 9.17) is 5.26 Å². The van der Waals surface area contributed by atoms with Crippen molar-refractivity contribution in [2.24, 2.45) is 0 Å². The Morgan fingerprint density at radius 1 is 1.25 bits per heavy atom. The molecule has 0 bridgehead atoms. The monoisotopic (exact) mass is 319 g/mol. The third-order valence-corrected chi connectivity index (χ3v) is 3.93. The first kappa shape index (κ1) is 15.7. The van der Waals surface area contributed by atoms with E-state index in [9.17, 15) is 4.79 Å². The third kappa shape index (κ3) is 2.84. The molecule has 6 nitrogen and oxygen atoms in total. The quantitative estimate of drug-likeness (QED) is 0.693. The topological polar surface area (TPSA) is 76.5 Å². The first-order valence-corrected chi connectivity index (χ1v) is 7.58. The summed E-state index contributed by atoms with van der Waals surface area (Å²) in [7, 11) is 0. The molecule has 3 aromatic rings. The summed E-state index contributed by atoms with van der Waals surface area (Å²) >= 11 is 0. The van der Waals surface area contributed by atoms with Gasteiger partial charge in [-0.3, -0.25) is 4.79 Å². The smallest absolute Gasteiger partial charge is 0.252 e. The van der Waals surface area contributed by atoms with Gasteiger partial charge in [0.15, 0.2) is 5.78 Å². The van der Waals surface area contributed by atoms with E-state index in [1.54, 1.807) is 0 Å². The van der Waals surface area contributed by atoms with Gasteiger partial charge in [-0.2, -0.15) is 5.26 Å². The van der Waals surface area contributed by atoms with Crippen LogP contribution in [-0.2, 0) is 6.54 Å². The molecule has 120 valence electrons. The zero-order valence-electron chi connectivity index (χ0n) is 13.8. The van der Waals surface area contributed by atoms with Crippen molar-refractivity contribution in [1.82, 2.24) is 19.3 Å². The van der Waals surface area contributed by atoms with Crippen LogP contribution in [0.15, 0.2) is 36.7 Å². The molecule has 6 heteroatoms. The van der Waals surface area contributed by atoms with Gasteiger partial charge in [-0.25, -0.2) is 9.67 Å². The van der Waals surface area contributed by atoms with Crippen LogP contribution in [0.25, 0.3) is 5.69 Å². The van der Waals surface area contributed by atoms with Gasteiger partial charge < -0.3 is 4.57 Å². The molecular formula is C18H17N5O. The summed E-state index contributed by atoms with van der Waals surface area (Å²) in [6.45, 7) is 6.02. The van der Waals surface area contributed by atoms with E-state index in [-0.39, 0.29) is 18.2 Å². The first-order chi connectivity index (χ1) is 11.5. The number of aromatic nitrogens is 4. The lowest BCUT2D eigenvalue weighted by atomic mass is 10.1. The molecule has 0 radical (unpaired) electrons. The maximum absolute atomic E-state index is 12.6. The van der Waals surface area contributed by atoms with Crippen molar-refractivity contribution in [2.75, 3.05) is 0 Å². The number of Topliss-reactive ketones (excluding diaryl/α,β-unsaturated/α-hetero) is 1. The molecule has 3 rings (SSSR count). The molecule has 0 fully saturated rings. The van der Waals surface area contributed by atoms with Gasteiger partial charge in [0.1, 0.15) is 18.9 Å². The van der Waals surface area contributed by atoms with Crippen LogP contribution in [0.1, 0.15) is 33.1 Å². The van der Waals surface area contributed by atoms with Crippen LogP contribution >= 0.6 is 0 Å². The van der Waals surface area contributed by atoms with Crippen LogP contribution in [0.3, 0.4) is 0 Å². The Bertz CT molecular complexity index is 958. The summed E-state index contributed by atoms with van der Waals surface area (Å²) in [5, 5.41) is 12.7. The first-order valence-electron chi connectivity index (χ1n) is 7.58. The number of benzene rings is 1.